The average molecular weight is 483 g/mol. The van der Waals surface area contributed by atoms with Crippen LogP contribution in [0.3, 0.4) is 0 Å². The molecule has 1 unspecified atom stereocenters. The lowest BCUT2D eigenvalue weighted by Crippen LogP contribution is -2.56. The molecule has 0 aliphatic carbocycles. The Kier molecular flexibility index (Phi) is 9.48. The van der Waals surface area contributed by atoms with Gasteiger partial charge in [-0.15, -0.1) is 0 Å². The number of aliphatic hydroxyl groups excluding tert-OH is 5. The van der Waals surface area contributed by atoms with E-state index in [9.17, 15) is 20.4 Å². The minimum atomic E-state index is -1.38. The Bertz CT molecular complexity index is 875. The zero-order chi connectivity index (χ0) is 24.0. The predicted octanol–water partition coefficient (Wildman–Crippen LogP) is 1.22. The summed E-state index contributed by atoms with van der Waals surface area (Å²) in [6.07, 6.45) is -6.26. The van der Waals surface area contributed by atoms with Gasteiger partial charge in [0.25, 0.3) is 0 Å². The van der Waals surface area contributed by atoms with Crippen molar-refractivity contribution >= 4 is 11.6 Å². The van der Waals surface area contributed by atoms with E-state index >= 15 is 0 Å². The lowest BCUT2D eigenvalue weighted by atomic mass is 9.90. The normalized spacial score (nSPS) is 26.2. The number of hydrogen-bond donors (Lipinski definition) is 5. The van der Waals surface area contributed by atoms with Crippen LogP contribution < -0.4 is 4.74 Å². The quantitative estimate of drug-likeness (QED) is 0.342. The second kappa shape index (κ2) is 12.1. The molecule has 0 amide bonds. The minimum absolute atomic E-state index is 0.275. The molecule has 6 atom stereocenters. The molecule has 5 N–H and O–H groups in total. The molecule has 0 radical (unpaired) electrons. The average Bonchev–Trinajstić information content (AvgIpc) is 2.82. The fraction of sp³-hybridized carbons (Fsp3) is 0.500. The van der Waals surface area contributed by atoms with E-state index in [2.05, 4.69) is 0 Å². The minimum Gasteiger partial charge on any atom is -0.494 e. The van der Waals surface area contributed by atoms with E-state index in [1.165, 1.54) is 0 Å². The second-order valence-corrected chi connectivity index (χ2v) is 8.41. The van der Waals surface area contributed by atoms with Crippen LogP contribution in [0.1, 0.15) is 29.7 Å². The molecule has 0 bridgehead atoms. The first-order valence-electron chi connectivity index (χ1n) is 10.9. The summed E-state index contributed by atoms with van der Waals surface area (Å²) < 4.78 is 16.8. The smallest absolute Gasteiger partial charge is 0.119 e. The van der Waals surface area contributed by atoms with Crippen LogP contribution in [-0.4, -0.2) is 82.5 Å². The highest BCUT2D eigenvalue weighted by Crippen LogP contribution is 2.35. The van der Waals surface area contributed by atoms with Crippen molar-refractivity contribution in [3.8, 4) is 5.75 Å². The van der Waals surface area contributed by atoms with E-state index in [4.69, 9.17) is 30.9 Å². The summed E-state index contributed by atoms with van der Waals surface area (Å²) in [6.45, 7) is 1.26. The molecule has 182 valence electrons. The summed E-state index contributed by atoms with van der Waals surface area (Å²) in [4.78, 5) is 0. The molecule has 1 heterocycles. The standard InChI is InChI=1S/C24H31ClO8/c1-2-31-18-6-3-14(4-7-18)9-16-10-15(5-8-19(16)25)23-21(29)22(30)24(20(12-27)33-23)32-13-17(28)11-26/h3-8,10,17,20-24,26-30H,2,9,11-13H2,1H3/t17?,20-,21-,22-,23+,24-/m1/s1. The van der Waals surface area contributed by atoms with Gasteiger partial charge in [-0.05, 0) is 48.2 Å². The van der Waals surface area contributed by atoms with Crippen molar-refractivity contribution in [1.29, 1.82) is 0 Å². The van der Waals surface area contributed by atoms with Crippen LogP contribution >= 0.6 is 11.6 Å². The van der Waals surface area contributed by atoms with Crippen LogP contribution in [-0.2, 0) is 15.9 Å². The first kappa shape index (κ1) is 25.9. The van der Waals surface area contributed by atoms with Crippen molar-refractivity contribution in [2.24, 2.45) is 0 Å². The van der Waals surface area contributed by atoms with Gasteiger partial charge in [-0.1, -0.05) is 35.9 Å². The van der Waals surface area contributed by atoms with E-state index in [0.29, 0.717) is 23.6 Å². The molecule has 2 aromatic rings. The summed E-state index contributed by atoms with van der Waals surface area (Å²) in [5.41, 5.74) is 2.43. The Morgan fingerprint density at radius 1 is 1.06 bits per heavy atom. The molecular formula is C24H31ClO8. The first-order chi connectivity index (χ1) is 15.9. The van der Waals surface area contributed by atoms with Crippen LogP contribution in [0.4, 0.5) is 0 Å². The molecule has 8 nitrogen and oxygen atoms in total. The van der Waals surface area contributed by atoms with E-state index in [1.807, 2.05) is 37.3 Å². The van der Waals surface area contributed by atoms with E-state index in [1.54, 1.807) is 12.1 Å². The van der Waals surface area contributed by atoms with Crippen LogP contribution in [0.5, 0.6) is 5.75 Å². The van der Waals surface area contributed by atoms with Crippen molar-refractivity contribution in [2.75, 3.05) is 26.4 Å². The molecule has 1 aliphatic heterocycles. The molecule has 2 aromatic carbocycles. The highest BCUT2D eigenvalue weighted by molar-refractivity contribution is 6.31. The maximum absolute atomic E-state index is 10.7. The molecular weight excluding hydrogens is 452 g/mol. The van der Waals surface area contributed by atoms with Gasteiger partial charge in [0.05, 0.1) is 26.4 Å². The maximum atomic E-state index is 10.7. The van der Waals surface area contributed by atoms with Crippen molar-refractivity contribution in [1.82, 2.24) is 0 Å². The van der Waals surface area contributed by atoms with Gasteiger partial charge in [0.1, 0.15) is 42.4 Å². The Morgan fingerprint density at radius 2 is 1.79 bits per heavy atom. The van der Waals surface area contributed by atoms with Crippen molar-refractivity contribution in [2.45, 2.75) is 50.0 Å². The second-order valence-electron chi connectivity index (χ2n) is 8.00. The number of ether oxygens (including phenoxy) is 3. The number of hydrogen-bond acceptors (Lipinski definition) is 8. The van der Waals surface area contributed by atoms with Crippen molar-refractivity contribution < 1.29 is 39.7 Å². The van der Waals surface area contributed by atoms with Gasteiger partial charge >= 0.3 is 0 Å². The summed E-state index contributed by atoms with van der Waals surface area (Å²) in [6, 6.07) is 12.9. The molecule has 0 spiro atoms. The van der Waals surface area contributed by atoms with Crippen LogP contribution in [0.15, 0.2) is 42.5 Å². The highest BCUT2D eigenvalue weighted by Gasteiger charge is 2.45. The van der Waals surface area contributed by atoms with E-state index < -0.39 is 49.8 Å². The van der Waals surface area contributed by atoms with Crippen LogP contribution in [0, 0.1) is 0 Å². The topological polar surface area (TPSA) is 129 Å². The van der Waals surface area contributed by atoms with Crippen molar-refractivity contribution in [3.05, 3.63) is 64.2 Å². The zero-order valence-corrected chi connectivity index (χ0v) is 19.1. The molecule has 0 aromatic heterocycles. The van der Waals surface area contributed by atoms with Crippen LogP contribution in [0.2, 0.25) is 5.02 Å². The Balaban J connectivity index is 1.77. The molecule has 0 saturated carbocycles. The Labute approximate surface area is 197 Å². The molecule has 1 aliphatic rings. The Hall–Kier alpha value is -1.75. The third-order valence-electron chi connectivity index (χ3n) is 5.58. The van der Waals surface area contributed by atoms with Crippen LogP contribution in [0.25, 0.3) is 0 Å². The molecule has 1 fully saturated rings. The third-order valence-corrected chi connectivity index (χ3v) is 5.95. The fourth-order valence-corrected chi connectivity index (χ4v) is 4.02. The lowest BCUT2D eigenvalue weighted by Gasteiger charge is -2.42. The lowest BCUT2D eigenvalue weighted by molar-refractivity contribution is -0.248. The zero-order valence-electron chi connectivity index (χ0n) is 18.4. The van der Waals surface area contributed by atoms with Gasteiger partial charge in [0.2, 0.25) is 0 Å². The van der Waals surface area contributed by atoms with E-state index in [-0.39, 0.29) is 6.61 Å². The molecule has 3 rings (SSSR count). The maximum Gasteiger partial charge on any atom is 0.119 e. The number of rotatable bonds is 10. The van der Waals surface area contributed by atoms with Gasteiger partial charge in [-0.3, -0.25) is 0 Å². The largest absolute Gasteiger partial charge is 0.494 e. The van der Waals surface area contributed by atoms with Gasteiger partial charge < -0.3 is 39.7 Å². The monoisotopic (exact) mass is 482 g/mol. The highest BCUT2D eigenvalue weighted by atomic mass is 35.5. The van der Waals surface area contributed by atoms with Gasteiger partial charge in [0.15, 0.2) is 0 Å². The van der Waals surface area contributed by atoms with Gasteiger partial charge in [-0.2, -0.15) is 0 Å². The first-order valence-corrected chi connectivity index (χ1v) is 11.3. The fourth-order valence-electron chi connectivity index (χ4n) is 3.84. The SMILES string of the molecule is CCOc1ccc(Cc2cc([C@@H]3O[C@H](CO)[C@@H](OCC(O)CO)[C@H](O)[C@H]3O)ccc2Cl)cc1. The summed E-state index contributed by atoms with van der Waals surface area (Å²) in [5, 5.41) is 50.1. The van der Waals surface area contributed by atoms with Gasteiger partial charge in [-0.25, -0.2) is 0 Å². The number of halogens is 1. The molecule has 33 heavy (non-hydrogen) atoms. The number of benzene rings is 2. The predicted molar refractivity (Wildman–Crippen MR) is 121 cm³/mol. The van der Waals surface area contributed by atoms with Gasteiger partial charge in [0, 0.05) is 5.02 Å². The Morgan fingerprint density at radius 3 is 2.42 bits per heavy atom. The van der Waals surface area contributed by atoms with Crippen molar-refractivity contribution in [3.63, 3.8) is 0 Å². The number of aliphatic hydroxyl groups is 5. The summed E-state index contributed by atoms with van der Waals surface area (Å²) in [5.74, 6) is 0.784. The third kappa shape index (κ3) is 6.44. The molecule has 1 saturated heterocycles. The summed E-state index contributed by atoms with van der Waals surface area (Å²) >= 11 is 6.41. The molecule has 9 heteroatoms. The van der Waals surface area contributed by atoms with E-state index in [0.717, 1.165) is 16.9 Å². The summed E-state index contributed by atoms with van der Waals surface area (Å²) in [7, 11) is 0.